The van der Waals surface area contributed by atoms with Crippen LogP contribution >= 0.6 is 0 Å². The van der Waals surface area contributed by atoms with Gasteiger partial charge in [-0.3, -0.25) is 0 Å². The second kappa shape index (κ2) is 7.06. The van der Waals surface area contributed by atoms with Crippen LogP contribution < -0.4 is 0 Å². The van der Waals surface area contributed by atoms with Gasteiger partial charge >= 0.3 is 5.97 Å². The number of benzene rings is 1. The lowest BCUT2D eigenvalue weighted by Gasteiger charge is -2.55. The van der Waals surface area contributed by atoms with Crippen LogP contribution in [0.5, 0.6) is 11.5 Å². The van der Waals surface area contributed by atoms with Crippen molar-refractivity contribution in [3.05, 3.63) is 41.5 Å². The summed E-state index contributed by atoms with van der Waals surface area (Å²) in [6.45, 7) is 9.00. The largest absolute Gasteiger partial charge is 0.504 e. The van der Waals surface area contributed by atoms with Crippen LogP contribution in [0.3, 0.4) is 0 Å². The molecule has 0 saturated heterocycles. The van der Waals surface area contributed by atoms with Gasteiger partial charge in [0.25, 0.3) is 0 Å². The van der Waals surface area contributed by atoms with Crippen LogP contribution in [0.15, 0.2) is 35.9 Å². The van der Waals surface area contributed by atoms with Gasteiger partial charge in [0.2, 0.25) is 0 Å². The molecule has 1 fully saturated rings. The third kappa shape index (κ3) is 3.76. The summed E-state index contributed by atoms with van der Waals surface area (Å²) in [5.41, 5.74) is 1.96. The molecule has 27 heavy (non-hydrogen) atoms. The van der Waals surface area contributed by atoms with Crippen LogP contribution in [0.2, 0.25) is 0 Å². The van der Waals surface area contributed by atoms with Crippen molar-refractivity contribution < 1.29 is 19.7 Å². The Kier molecular flexibility index (Phi) is 5.11. The van der Waals surface area contributed by atoms with E-state index >= 15 is 0 Å². The van der Waals surface area contributed by atoms with Gasteiger partial charge in [-0.25, -0.2) is 4.79 Å². The molecule has 0 bridgehead atoms. The fourth-order valence-corrected chi connectivity index (χ4v) is 5.19. The summed E-state index contributed by atoms with van der Waals surface area (Å²) in [5, 5.41) is 18.9. The molecule has 0 radical (unpaired) electrons. The maximum Gasteiger partial charge on any atom is 0.331 e. The van der Waals surface area contributed by atoms with E-state index in [4.69, 9.17) is 4.74 Å². The lowest BCUT2D eigenvalue weighted by Crippen LogP contribution is -2.52. The van der Waals surface area contributed by atoms with Crippen molar-refractivity contribution in [1.29, 1.82) is 0 Å². The first-order valence-corrected chi connectivity index (χ1v) is 9.71. The van der Waals surface area contributed by atoms with Gasteiger partial charge in [-0.1, -0.05) is 39.3 Å². The molecule has 2 aliphatic carbocycles. The Morgan fingerprint density at radius 2 is 1.93 bits per heavy atom. The van der Waals surface area contributed by atoms with Crippen molar-refractivity contribution >= 4 is 12.0 Å². The maximum absolute atomic E-state index is 12.5. The first-order chi connectivity index (χ1) is 12.6. The molecule has 4 heteroatoms. The van der Waals surface area contributed by atoms with Crippen molar-refractivity contribution in [2.24, 2.45) is 16.7 Å². The van der Waals surface area contributed by atoms with Crippen molar-refractivity contribution in [2.75, 3.05) is 0 Å². The van der Waals surface area contributed by atoms with E-state index in [-0.39, 0.29) is 34.4 Å². The molecule has 3 rings (SSSR count). The van der Waals surface area contributed by atoms with E-state index in [1.807, 2.05) is 0 Å². The summed E-state index contributed by atoms with van der Waals surface area (Å²) in [7, 11) is 0. The third-order valence-electron chi connectivity index (χ3n) is 6.61. The summed E-state index contributed by atoms with van der Waals surface area (Å²) in [6, 6.07) is 4.43. The minimum atomic E-state index is -0.384. The Morgan fingerprint density at radius 3 is 2.63 bits per heavy atom. The van der Waals surface area contributed by atoms with Crippen LogP contribution in [-0.2, 0) is 9.53 Å². The van der Waals surface area contributed by atoms with Gasteiger partial charge in [0.1, 0.15) is 6.10 Å². The molecule has 3 unspecified atom stereocenters. The monoisotopic (exact) mass is 370 g/mol. The summed E-state index contributed by atoms with van der Waals surface area (Å²) in [5.74, 6) is -0.281. The molecular formula is C23H30O4. The van der Waals surface area contributed by atoms with E-state index in [1.54, 1.807) is 12.1 Å². The van der Waals surface area contributed by atoms with Gasteiger partial charge < -0.3 is 14.9 Å². The molecule has 1 aromatic carbocycles. The third-order valence-corrected chi connectivity index (χ3v) is 6.61. The number of hydrogen-bond acceptors (Lipinski definition) is 4. The highest BCUT2D eigenvalue weighted by molar-refractivity contribution is 5.87. The van der Waals surface area contributed by atoms with Crippen LogP contribution in [0, 0.1) is 16.7 Å². The highest BCUT2D eigenvalue weighted by atomic mass is 16.5. The van der Waals surface area contributed by atoms with Gasteiger partial charge in [-0.15, -0.1) is 0 Å². The van der Waals surface area contributed by atoms with E-state index < -0.39 is 0 Å². The Hall–Kier alpha value is -2.23. The van der Waals surface area contributed by atoms with Crippen molar-refractivity contribution in [2.45, 2.75) is 59.5 Å². The fourth-order valence-electron chi connectivity index (χ4n) is 5.19. The molecule has 0 aromatic heterocycles. The standard InChI is InChI=1S/C23H30O4/c1-15-6-10-19-22(2,3)12-5-13-23(19,4)21(15)27-20(26)11-8-16-7-9-17(24)18(25)14-16/h6-9,11,14,19,21,24-25H,5,10,12-13H2,1-4H3. The number of carbonyl (C=O) groups excluding carboxylic acids is 1. The number of rotatable bonds is 3. The van der Waals surface area contributed by atoms with Gasteiger partial charge in [-0.2, -0.15) is 0 Å². The average molecular weight is 370 g/mol. The smallest absolute Gasteiger partial charge is 0.331 e. The van der Waals surface area contributed by atoms with Gasteiger partial charge in [0.15, 0.2) is 11.5 Å². The molecule has 0 aliphatic heterocycles. The topological polar surface area (TPSA) is 66.8 Å². The molecule has 0 spiro atoms. The Balaban J connectivity index is 1.77. The highest BCUT2D eigenvalue weighted by Crippen LogP contribution is 2.58. The summed E-state index contributed by atoms with van der Waals surface area (Å²) < 4.78 is 5.94. The molecule has 0 amide bonds. The molecule has 0 heterocycles. The first kappa shape index (κ1) is 19.5. The Morgan fingerprint density at radius 1 is 1.19 bits per heavy atom. The molecule has 2 aliphatic rings. The van der Waals surface area contributed by atoms with Crippen LogP contribution in [0.4, 0.5) is 0 Å². The molecule has 1 saturated carbocycles. The van der Waals surface area contributed by atoms with Gasteiger partial charge in [-0.05, 0) is 66.9 Å². The number of esters is 1. The zero-order valence-electron chi connectivity index (χ0n) is 16.7. The van der Waals surface area contributed by atoms with E-state index in [2.05, 4.69) is 33.8 Å². The average Bonchev–Trinajstić information content (AvgIpc) is 2.58. The number of allylic oxidation sites excluding steroid dienone is 1. The number of ether oxygens (including phenoxy) is 1. The van der Waals surface area contributed by atoms with E-state index in [9.17, 15) is 15.0 Å². The quantitative estimate of drug-likeness (QED) is 0.332. The fraction of sp³-hybridized carbons (Fsp3) is 0.522. The Labute approximate surface area is 161 Å². The minimum Gasteiger partial charge on any atom is -0.504 e. The van der Waals surface area contributed by atoms with Crippen LogP contribution in [0.25, 0.3) is 6.08 Å². The number of fused-ring (bicyclic) bond motifs is 1. The van der Waals surface area contributed by atoms with E-state index in [0.29, 0.717) is 11.5 Å². The zero-order valence-corrected chi connectivity index (χ0v) is 16.7. The first-order valence-electron chi connectivity index (χ1n) is 9.71. The van der Waals surface area contributed by atoms with Crippen LogP contribution in [-0.4, -0.2) is 22.3 Å². The summed E-state index contributed by atoms with van der Waals surface area (Å²) in [6.07, 6.45) is 9.50. The minimum absolute atomic E-state index is 0.0408. The molecule has 4 nitrogen and oxygen atoms in total. The predicted molar refractivity (Wildman–Crippen MR) is 106 cm³/mol. The normalized spacial score (nSPS) is 29.9. The number of phenols is 2. The SMILES string of the molecule is CC1=CCC2C(C)(C)CCCC2(C)C1OC(=O)C=Cc1ccc(O)c(O)c1. The van der Waals surface area contributed by atoms with Crippen LogP contribution in [0.1, 0.15) is 58.9 Å². The maximum atomic E-state index is 12.5. The summed E-state index contributed by atoms with van der Waals surface area (Å²) >= 11 is 0. The second-order valence-electron chi connectivity index (χ2n) is 8.98. The van der Waals surface area contributed by atoms with Crippen molar-refractivity contribution in [3.8, 4) is 11.5 Å². The molecule has 2 N–H and O–H groups in total. The zero-order chi connectivity index (χ0) is 19.8. The lowest BCUT2D eigenvalue weighted by atomic mass is 9.51. The highest BCUT2D eigenvalue weighted by Gasteiger charge is 2.53. The second-order valence-corrected chi connectivity index (χ2v) is 8.98. The number of phenolic OH excluding ortho intramolecular Hbond substituents is 2. The van der Waals surface area contributed by atoms with E-state index in [0.717, 1.165) is 24.8 Å². The lowest BCUT2D eigenvalue weighted by molar-refractivity contribution is -0.157. The number of aromatic hydroxyl groups is 2. The molecule has 3 atom stereocenters. The number of carbonyl (C=O) groups is 1. The van der Waals surface area contributed by atoms with Crippen molar-refractivity contribution in [1.82, 2.24) is 0 Å². The number of hydrogen-bond donors (Lipinski definition) is 2. The van der Waals surface area contributed by atoms with Gasteiger partial charge in [0, 0.05) is 11.5 Å². The molecule has 146 valence electrons. The predicted octanol–water partition coefficient (Wildman–Crippen LogP) is 5.21. The van der Waals surface area contributed by atoms with Gasteiger partial charge in [0.05, 0.1) is 0 Å². The Bertz CT molecular complexity index is 790. The summed E-state index contributed by atoms with van der Waals surface area (Å²) in [4.78, 5) is 12.5. The van der Waals surface area contributed by atoms with E-state index in [1.165, 1.54) is 24.6 Å². The molecular weight excluding hydrogens is 340 g/mol. The molecule has 1 aromatic rings. The van der Waals surface area contributed by atoms with Crippen molar-refractivity contribution in [3.63, 3.8) is 0 Å².